The Kier molecular flexibility index (Phi) is 3.62. The zero-order valence-electron chi connectivity index (χ0n) is 13.1. The first-order valence-electron chi connectivity index (χ1n) is 8.33. The van der Waals surface area contributed by atoms with E-state index in [0.717, 1.165) is 16.9 Å². The van der Waals surface area contributed by atoms with E-state index in [0.29, 0.717) is 19.0 Å². The van der Waals surface area contributed by atoms with Crippen molar-refractivity contribution < 1.29 is 4.79 Å². The maximum Gasteiger partial charge on any atom is 0.199 e. The van der Waals surface area contributed by atoms with Crippen molar-refractivity contribution in [1.29, 1.82) is 0 Å². The molecule has 0 bridgehead atoms. The molecule has 1 unspecified atom stereocenters. The second-order valence-corrected chi connectivity index (χ2v) is 6.46. The van der Waals surface area contributed by atoms with Gasteiger partial charge in [0.15, 0.2) is 5.78 Å². The molecule has 1 fully saturated rings. The minimum absolute atomic E-state index is 0.00442. The molecule has 0 radical (unpaired) electrons. The second kappa shape index (κ2) is 5.78. The molecular weight excluding hydrogens is 286 g/mol. The summed E-state index contributed by atoms with van der Waals surface area (Å²) in [5.41, 5.74) is 10.2. The summed E-state index contributed by atoms with van der Waals surface area (Å²) in [7, 11) is 0. The average molecular weight is 307 g/mol. The number of benzodiazepines with no additional fused rings is 1. The molecule has 3 aliphatic rings. The first-order chi connectivity index (χ1) is 11.2. The van der Waals surface area contributed by atoms with Crippen LogP contribution in [0.2, 0.25) is 0 Å². The molecule has 0 aromatic heterocycles. The van der Waals surface area contributed by atoms with Gasteiger partial charge in [-0.3, -0.25) is 9.79 Å². The first-order valence-corrected chi connectivity index (χ1v) is 8.33. The number of ketones is 1. The molecule has 118 valence electrons. The monoisotopic (exact) mass is 307 g/mol. The minimum atomic E-state index is -0.526. The molecule has 0 spiro atoms. The van der Waals surface area contributed by atoms with Crippen molar-refractivity contribution in [3.8, 4) is 0 Å². The quantitative estimate of drug-likeness (QED) is 0.913. The van der Waals surface area contributed by atoms with E-state index < -0.39 is 6.04 Å². The third-order valence-corrected chi connectivity index (χ3v) is 5.01. The van der Waals surface area contributed by atoms with E-state index in [1.165, 1.54) is 24.8 Å². The second-order valence-electron chi connectivity index (χ2n) is 6.46. The Hall–Kier alpha value is -2.20. The molecule has 1 aliphatic heterocycles. The number of Topliss-reactive ketones (excluding diaryl/α,β-unsaturated/α-hetero) is 1. The number of carbonyl (C=O) groups is 1. The predicted molar refractivity (Wildman–Crippen MR) is 92.7 cm³/mol. The number of nitrogens with zero attached hydrogens (tertiary/aromatic N) is 2. The Labute approximate surface area is 136 Å². The molecule has 4 rings (SSSR count). The van der Waals surface area contributed by atoms with E-state index in [2.05, 4.69) is 16.0 Å². The Bertz CT molecular complexity index is 728. The van der Waals surface area contributed by atoms with Gasteiger partial charge in [0.05, 0.1) is 24.0 Å². The minimum Gasteiger partial charge on any atom is -0.336 e. The van der Waals surface area contributed by atoms with Gasteiger partial charge >= 0.3 is 0 Å². The highest BCUT2D eigenvalue weighted by Crippen LogP contribution is 2.37. The SMILES string of the molecule is NC1C=C(C2CCC2)C=C(N2CCN=Cc3ccccc32)C1=O. The van der Waals surface area contributed by atoms with Crippen molar-refractivity contribution in [2.45, 2.75) is 25.3 Å². The smallest absolute Gasteiger partial charge is 0.199 e. The van der Waals surface area contributed by atoms with E-state index in [1.54, 1.807) is 0 Å². The third-order valence-electron chi connectivity index (χ3n) is 5.01. The van der Waals surface area contributed by atoms with Crippen LogP contribution in [0.5, 0.6) is 0 Å². The van der Waals surface area contributed by atoms with Gasteiger partial charge in [-0.05, 0) is 36.5 Å². The molecule has 23 heavy (non-hydrogen) atoms. The zero-order valence-corrected chi connectivity index (χ0v) is 13.1. The van der Waals surface area contributed by atoms with E-state index in [-0.39, 0.29) is 5.78 Å². The van der Waals surface area contributed by atoms with Crippen molar-refractivity contribution >= 4 is 17.7 Å². The molecule has 2 aliphatic carbocycles. The summed E-state index contributed by atoms with van der Waals surface area (Å²) in [5, 5.41) is 0. The van der Waals surface area contributed by atoms with Crippen LogP contribution in [0.15, 0.2) is 52.7 Å². The predicted octanol–water partition coefficient (Wildman–Crippen LogP) is 2.45. The largest absolute Gasteiger partial charge is 0.336 e. The van der Waals surface area contributed by atoms with Crippen molar-refractivity contribution in [1.82, 2.24) is 0 Å². The highest BCUT2D eigenvalue weighted by Gasteiger charge is 2.31. The van der Waals surface area contributed by atoms with Gasteiger partial charge in [0.25, 0.3) is 0 Å². The number of fused-ring (bicyclic) bond motifs is 1. The van der Waals surface area contributed by atoms with E-state index in [9.17, 15) is 4.79 Å². The fourth-order valence-corrected chi connectivity index (χ4v) is 3.47. The normalized spacial score (nSPS) is 24.5. The summed E-state index contributed by atoms with van der Waals surface area (Å²) in [6.45, 7) is 1.38. The summed E-state index contributed by atoms with van der Waals surface area (Å²) < 4.78 is 0. The van der Waals surface area contributed by atoms with Crippen LogP contribution in [0.4, 0.5) is 5.69 Å². The van der Waals surface area contributed by atoms with Crippen molar-refractivity contribution in [2.24, 2.45) is 16.6 Å². The lowest BCUT2D eigenvalue weighted by atomic mass is 9.77. The maximum absolute atomic E-state index is 12.7. The lowest BCUT2D eigenvalue weighted by molar-refractivity contribution is -0.116. The van der Waals surface area contributed by atoms with Gasteiger partial charge in [0.1, 0.15) is 0 Å². The standard InChI is InChI=1S/C19H21N3O/c20-16-10-15(13-5-3-6-13)11-18(19(16)23)22-9-8-21-12-14-4-1-2-7-17(14)22/h1-2,4,7,10-13,16H,3,5-6,8-9,20H2. The van der Waals surface area contributed by atoms with Gasteiger partial charge in [0.2, 0.25) is 0 Å². The summed E-state index contributed by atoms with van der Waals surface area (Å²) in [6, 6.07) is 7.56. The van der Waals surface area contributed by atoms with Gasteiger partial charge in [-0.2, -0.15) is 0 Å². The maximum atomic E-state index is 12.7. The highest BCUT2D eigenvalue weighted by atomic mass is 16.1. The molecule has 2 N–H and O–H groups in total. The molecule has 4 heteroatoms. The van der Waals surface area contributed by atoms with Crippen LogP contribution in [-0.2, 0) is 4.79 Å². The topological polar surface area (TPSA) is 58.7 Å². The number of nitrogens with two attached hydrogens (primary N) is 1. The Morgan fingerprint density at radius 2 is 2.04 bits per heavy atom. The lowest BCUT2D eigenvalue weighted by Crippen LogP contribution is -2.41. The van der Waals surface area contributed by atoms with Crippen LogP contribution in [-0.4, -0.2) is 31.1 Å². The Morgan fingerprint density at radius 3 is 2.83 bits per heavy atom. The number of para-hydroxylation sites is 1. The van der Waals surface area contributed by atoms with E-state index in [1.807, 2.05) is 36.6 Å². The van der Waals surface area contributed by atoms with Gasteiger partial charge in [-0.1, -0.05) is 30.7 Å². The molecule has 1 aromatic carbocycles. The van der Waals surface area contributed by atoms with Crippen LogP contribution in [0.3, 0.4) is 0 Å². The highest BCUT2D eigenvalue weighted by molar-refractivity contribution is 6.06. The van der Waals surface area contributed by atoms with Gasteiger partial charge in [-0.15, -0.1) is 0 Å². The average Bonchev–Trinajstić information content (AvgIpc) is 2.71. The molecule has 1 aromatic rings. The van der Waals surface area contributed by atoms with Gasteiger partial charge in [-0.25, -0.2) is 0 Å². The summed E-state index contributed by atoms with van der Waals surface area (Å²) in [5.74, 6) is 0.576. The number of rotatable bonds is 2. The van der Waals surface area contributed by atoms with Crippen LogP contribution in [0.25, 0.3) is 0 Å². The van der Waals surface area contributed by atoms with Crippen LogP contribution >= 0.6 is 0 Å². The third kappa shape index (κ3) is 2.53. The summed E-state index contributed by atoms with van der Waals surface area (Å²) >= 11 is 0. The number of hydrogen-bond acceptors (Lipinski definition) is 4. The fourth-order valence-electron chi connectivity index (χ4n) is 3.47. The molecular formula is C19H21N3O. The molecule has 4 nitrogen and oxygen atoms in total. The first kappa shape index (κ1) is 14.4. The molecule has 0 amide bonds. The van der Waals surface area contributed by atoms with Crippen LogP contribution in [0.1, 0.15) is 24.8 Å². The van der Waals surface area contributed by atoms with Crippen LogP contribution < -0.4 is 10.6 Å². The summed E-state index contributed by atoms with van der Waals surface area (Å²) in [6.07, 6.45) is 9.60. The number of hydrogen-bond donors (Lipinski definition) is 1. The fraction of sp³-hybridized carbons (Fsp3) is 0.368. The molecule has 1 atom stereocenters. The molecule has 1 saturated carbocycles. The number of allylic oxidation sites excluding steroid dienone is 2. The van der Waals surface area contributed by atoms with E-state index in [4.69, 9.17) is 5.73 Å². The summed E-state index contributed by atoms with van der Waals surface area (Å²) in [4.78, 5) is 19.2. The van der Waals surface area contributed by atoms with Crippen LogP contribution in [0, 0.1) is 5.92 Å². The molecule has 1 heterocycles. The Morgan fingerprint density at radius 1 is 1.22 bits per heavy atom. The van der Waals surface area contributed by atoms with Gasteiger partial charge < -0.3 is 10.6 Å². The number of carbonyl (C=O) groups excluding carboxylic acids is 1. The zero-order chi connectivity index (χ0) is 15.8. The van der Waals surface area contributed by atoms with Crippen molar-refractivity contribution in [3.05, 3.63) is 53.3 Å². The number of anilines is 1. The van der Waals surface area contributed by atoms with E-state index >= 15 is 0 Å². The molecule has 0 saturated heterocycles. The van der Waals surface area contributed by atoms with Crippen molar-refractivity contribution in [2.75, 3.05) is 18.0 Å². The number of benzene rings is 1. The Balaban J connectivity index is 1.75. The number of aliphatic imine (C=N–C) groups is 1. The lowest BCUT2D eigenvalue weighted by Gasteiger charge is -2.34. The van der Waals surface area contributed by atoms with Gasteiger partial charge in [0, 0.05) is 18.3 Å². The van der Waals surface area contributed by atoms with Crippen molar-refractivity contribution in [3.63, 3.8) is 0 Å².